The van der Waals surface area contributed by atoms with Crippen molar-refractivity contribution in [2.24, 2.45) is 22.7 Å². The molecule has 386 valence electrons. The fourth-order valence-electron chi connectivity index (χ4n) is 13.3. The molecule has 3 saturated carbocycles. The van der Waals surface area contributed by atoms with Crippen molar-refractivity contribution in [2.45, 2.75) is 236 Å². The average Bonchev–Trinajstić information content (AvgIpc) is 3.51. The van der Waals surface area contributed by atoms with Crippen LogP contribution in [0.3, 0.4) is 0 Å². The number of hydrogen-bond donors (Lipinski definition) is 3. The normalized spacial score (nSPS) is 47.3. The maximum atomic E-state index is 13.5. The van der Waals surface area contributed by atoms with E-state index in [0.717, 1.165) is 11.1 Å². The zero-order valence-corrected chi connectivity index (χ0v) is 42.5. The Kier molecular flexibility index (Phi) is 15.9. The third-order valence-corrected chi connectivity index (χ3v) is 17.7. The minimum atomic E-state index is -2.02. The van der Waals surface area contributed by atoms with Crippen LogP contribution in [0.4, 0.5) is 0 Å². The van der Waals surface area contributed by atoms with Gasteiger partial charge in [0.25, 0.3) is 0 Å². The standard InChI is InChI=1S/C51H80O17/c1-26(2)27(3)20-40(54)66-39-25-38-47(9)16-15-34(21-33(47)14-17-50(38,56)51(57)19-18-49(55,31(7)52)48(39,51)10)65-41-22-36(59-12)45(29(5)61-41)68-43-24-37(60-13)46(30(6)63-43)67-42-23-35(58-11)44(28(4)62-42)64-32(8)53/h14,20,26,28-30,34-39,41-46,55-57H,15-19,21-25H2,1-13H3/b27-20+/t28-,29-,30-,34?,35-,36+,37+,38-,39-,41-,42-,43-,44-,45-,46-,47+,48-,49-,50+,51-/m1/s1. The van der Waals surface area contributed by atoms with E-state index >= 15 is 0 Å². The number of fused-ring (bicyclic) bond motifs is 5. The number of esters is 2. The number of methoxy groups -OCH3 is 3. The highest BCUT2D eigenvalue weighted by molar-refractivity contribution is 5.87. The molecule has 17 heteroatoms. The lowest BCUT2D eigenvalue weighted by Gasteiger charge is -2.67. The molecule has 1 unspecified atom stereocenters. The second-order valence-electron chi connectivity index (χ2n) is 21.6. The molecule has 0 radical (unpaired) electrons. The second-order valence-corrected chi connectivity index (χ2v) is 21.6. The van der Waals surface area contributed by atoms with Crippen LogP contribution in [0.15, 0.2) is 23.3 Å². The van der Waals surface area contributed by atoms with E-state index in [9.17, 15) is 29.7 Å². The van der Waals surface area contributed by atoms with Crippen molar-refractivity contribution in [3.63, 3.8) is 0 Å². The van der Waals surface area contributed by atoms with E-state index in [1.165, 1.54) is 19.9 Å². The van der Waals surface area contributed by atoms with Crippen molar-refractivity contribution < 1.29 is 81.8 Å². The van der Waals surface area contributed by atoms with Crippen LogP contribution >= 0.6 is 0 Å². The maximum Gasteiger partial charge on any atom is 0.330 e. The molecule has 7 rings (SSSR count). The minimum absolute atomic E-state index is 0.0324. The van der Waals surface area contributed by atoms with E-state index in [0.29, 0.717) is 38.5 Å². The number of rotatable bonds is 14. The van der Waals surface area contributed by atoms with E-state index in [4.69, 9.17) is 52.1 Å². The number of allylic oxidation sites excluding steroid dienone is 1. The first kappa shape index (κ1) is 53.4. The summed E-state index contributed by atoms with van der Waals surface area (Å²) in [5, 5.41) is 37.9. The Labute approximate surface area is 402 Å². The van der Waals surface area contributed by atoms with Crippen LogP contribution in [0.5, 0.6) is 0 Å². The Hall–Kier alpha value is -2.39. The highest BCUT2D eigenvalue weighted by Crippen LogP contribution is 2.71. The zero-order chi connectivity index (χ0) is 49.9. The van der Waals surface area contributed by atoms with Crippen LogP contribution in [0.2, 0.25) is 0 Å². The van der Waals surface area contributed by atoms with Gasteiger partial charge in [-0.15, -0.1) is 0 Å². The van der Waals surface area contributed by atoms with Crippen molar-refractivity contribution in [3.8, 4) is 0 Å². The molecule has 7 aliphatic rings. The molecule has 3 heterocycles. The number of ketones is 1. The minimum Gasteiger partial charge on any atom is -0.458 e. The van der Waals surface area contributed by atoms with Crippen molar-refractivity contribution >= 4 is 17.7 Å². The van der Waals surface area contributed by atoms with Gasteiger partial charge < -0.3 is 67.4 Å². The maximum absolute atomic E-state index is 13.5. The van der Waals surface area contributed by atoms with Gasteiger partial charge in [-0.2, -0.15) is 0 Å². The van der Waals surface area contributed by atoms with Gasteiger partial charge in [0.2, 0.25) is 0 Å². The number of hydrogen-bond acceptors (Lipinski definition) is 17. The summed E-state index contributed by atoms with van der Waals surface area (Å²) in [6.07, 6.45) is -0.743. The molecule has 20 atom stereocenters. The van der Waals surface area contributed by atoms with Crippen LogP contribution in [0.25, 0.3) is 0 Å². The van der Waals surface area contributed by atoms with Gasteiger partial charge in [0.05, 0.1) is 42.0 Å². The Morgan fingerprint density at radius 2 is 1.24 bits per heavy atom. The van der Waals surface area contributed by atoms with Crippen molar-refractivity contribution in [1.29, 1.82) is 0 Å². The van der Waals surface area contributed by atoms with Crippen LogP contribution < -0.4 is 0 Å². The lowest BCUT2D eigenvalue weighted by molar-refractivity contribution is -0.339. The first-order chi connectivity index (χ1) is 31.9. The summed E-state index contributed by atoms with van der Waals surface area (Å²) in [7, 11) is 4.84. The van der Waals surface area contributed by atoms with Gasteiger partial charge in [0, 0.05) is 59.5 Å². The van der Waals surface area contributed by atoms with Crippen molar-refractivity contribution in [1.82, 2.24) is 0 Å². The highest BCUT2D eigenvalue weighted by Gasteiger charge is 2.81. The van der Waals surface area contributed by atoms with E-state index in [-0.39, 0.29) is 43.8 Å². The Bertz CT molecular complexity index is 1910. The van der Waals surface area contributed by atoms with Gasteiger partial charge in [-0.05, 0) is 97.8 Å². The smallest absolute Gasteiger partial charge is 0.330 e. The monoisotopic (exact) mass is 965 g/mol. The molecule has 4 aliphatic carbocycles. The number of ether oxygens (including phenoxy) is 11. The SMILES string of the molecule is CO[C@H]1C[C@@H](OC2CC[C@@]3(C)C(=CC[C@]4(O)[C@@H]3C[C@@H](OC(=O)/C=C(\C)C(C)C)[C@@]3(C)[C@]4(O)CC[C@@]3(O)C(C)=O)C2)O[C@H](C)[C@H]1O[C@@H]1C[C@H](OC)[C@H](O[C@@H]2C[C@@H](OC)[C@H](OC(C)=O)[C@@H](C)O2)[C@@H](C)O1. The van der Waals surface area contributed by atoms with Crippen LogP contribution in [0, 0.1) is 22.7 Å². The first-order valence-electron chi connectivity index (χ1n) is 24.8. The molecule has 3 saturated heterocycles. The van der Waals surface area contributed by atoms with Gasteiger partial charge in [-0.1, -0.05) is 38.0 Å². The van der Waals surface area contributed by atoms with E-state index in [1.807, 2.05) is 47.6 Å². The first-order valence-corrected chi connectivity index (χ1v) is 24.8. The summed E-state index contributed by atoms with van der Waals surface area (Å²) in [4.78, 5) is 38.5. The van der Waals surface area contributed by atoms with Crippen molar-refractivity contribution in [3.05, 3.63) is 23.3 Å². The van der Waals surface area contributed by atoms with E-state index in [1.54, 1.807) is 28.3 Å². The zero-order valence-electron chi connectivity index (χ0n) is 42.5. The second kappa shape index (κ2) is 20.3. The van der Waals surface area contributed by atoms with Crippen LogP contribution in [0.1, 0.15) is 133 Å². The molecule has 0 amide bonds. The van der Waals surface area contributed by atoms with Crippen LogP contribution in [-0.2, 0) is 66.5 Å². The van der Waals surface area contributed by atoms with Gasteiger partial charge in [0.15, 0.2) is 30.8 Å². The molecule has 0 aromatic carbocycles. The Morgan fingerprint density at radius 1 is 0.721 bits per heavy atom. The molecular weight excluding hydrogens is 885 g/mol. The number of Topliss-reactive ketones (excluding diaryl/α,β-unsaturated/α-hetero) is 1. The van der Waals surface area contributed by atoms with Gasteiger partial charge in [0.1, 0.15) is 41.2 Å². The summed E-state index contributed by atoms with van der Waals surface area (Å²) >= 11 is 0. The molecule has 3 aliphatic heterocycles. The van der Waals surface area contributed by atoms with Gasteiger partial charge in [-0.3, -0.25) is 9.59 Å². The molecule has 17 nitrogen and oxygen atoms in total. The van der Waals surface area contributed by atoms with Gasteiger partial charge in [-0.25, -0.2) is 4.79 Å². The molecule has 0 aromatic rings. The summed E-state index contributed by atoms with van der Waals surface area (Å²) in [6.45, 7) is 17.8. The highest BCUT2D eigenvalue weighted by atomic mass is 16.7. The lowest BCUT2D eigenvalue weighted by Crippen LogP contribution is -2.78. The summed E-state index contributed by atoms with van der Waals surface area (Å²) < 4.78 is 68.2. The topological polar surface area (TPSA) is 213 Å². The quantitative estimate of drug-likeness (QED) is 0.117. The largest absolute Gasteiger partial charge is 0.458 e. The van der Waals surface area contributed by atoms with Gasteiger partial charge >= 0.3 is 11.9 Å². The van der Waals surface area contributed by atoms with E-state index < -0.39 is 125 Å². The molecule has 0 spiro atoms. The molecule has 3 N–H and O–H groups in total. The third kappa shape index (κ3) is 9.32. The number of carbonyl (C=O) groups is 3. The van der Waals surface area contributed by atoms with E-state index in [2.05, 4.69) is 6.92 Å². The van der Waals surface area contributed by atoms with Crippen molar-refractivity contribution in [2.75, 3.05) is 21.3 Å². The molecule has 68 heavy (non-hydrogen) atoms. The average molecular weight is 965 g/mol. The molecular formula is C51H80O17. The number of aliphatic hydroxyl groups is 3. The summed E-state index contributed by atoms with van der Waals surface area (Å²) in [5.74, 6) is -2.01. The van der Waals surface area contributed by atoms with Crippen LogP contribution in [-0.4, -0.2) is 157 Å². The lowest BCUT2D eigenvalue weighted by atomic mass is 9.42. The Morgan fingerprint density at radius 3 is 1.74 bits per heavy atom. The number of carbonyl (C=O) groups excluding carboxylic acids is 3. The fourth-order valence-corrected chi connectivity index (χ4v) is 13.3. The molecule has 0 aromatic heterocycles. The molecule has 0 bridgehead atoms. The summed E-state index contributed by atoms with van der Waals surface area (Å²) in [5.41, 5.74) is -6.08. The third-order valence-electron chi connectivity index (χ3n) is 17.7. The predicted octanol–water partition coefficient (Wildman–Crippen LogP) is 5.16. The molecule has 6 fully saturated rings. The predicted molar refractivity (Wildman–Crippen MR) is 244 cm³/mol. The fraction of sp³-hybridized carbons (Fsp3) is 0.863. The summed E-state index contributed by atoms with van der Waals surface area (Å²) in [6, 6.07) is 0. The Balaban J connectivity index is 0.995.